The standard InChI is InChI=1S/C12H12N2O4/c1-17-11-8-10(14(15)16)12(18-2)7-9(11)13-5-3-4-6-13/h3-8H,1-2H3. The number of aromatic nitrogens is 1. The molecule has 0 aliphatic rings. The summed E-state index contributed by atoms with van der Waals surface area (Å²) in [5, 5.41) is 10.9. The molecule has 0 N–H and O–H groups in total. The number of ether oxygens (including phenoxy) is 2. The zero-order valence-corrected chi connectivity index (χ0v) is 9.99. The second-order valence-corrected chi connectivity index (χ2v) is 3.54. The van der Waals surface area contributed by atoms with E-state index in [-0.39, 0.29) is 11.4 Å². The molecule has 0 aliphatic heterocycles. The fraction of sp³-hybridized carbons (Fsp3) is 0.167. The molecule has 2 aromatic rings. The largest absolute Gasteiger partial charge is 0.494 e. The van der Waals surface area contributed by atoms with E-state index in [0.717, 1.165) is 0 Å². The molecule has 0 unspecified atom stereocenters. The van der Waals surface area contributed by atoms with Crippen molar-refractivity contribution in [2.75, 3.05) is 14.2 Å². The van der Waals surface area contributed by atoms with Crippen molar-refractivity contribution in [1.29, 1.82) is 0 Å². The van der Waals surface area contributed by atoms with E-state index in [0.29, 0.717) is 11.4 Å². The lowest BCUT2D eigenvalue weighted by molar-refractivity contribution is -0.385. The minimum atomic E-state index is -0.499. The van der Waals surface area contributed by atoms with Crippen molar-refractivity contribution in [3.63, 3.8) is 0 Å². The van der Waals surface area contributed by atoms with E-state index in [1.165, 1.54) is 20.3 Å². The van der Waals surface area contributed by atoms with E-state index in [1.54, 1.807) is 10.6 Å². The van der Waals surface area contributed by atoms with Crippen molar-refractivity contribution in [2.45, 2.75) is 0 Å². The van der Waals surface area contributed by atoms with Crippen molar-refractivity contribution in [1.82, 2.24) is 4.57 Å². The Bertz CT molecular complexity index is 564. The highest BCUT2D eigenvalue weighted by atomic mass is 16.6. The summed E-state index contributed by atoms with van der Waals surface area (Å²) in [5.74, 6) is 0.614. The number of nitro groups is 1. The smallest absolute Gasteiger partial charge is 0.314 e. The van der Waals surface area contributed by atoms with E-state index in [2.05, 4.69) is 0 Å². The fourth-order valence-electron chi connectivity index (χ4n) is 1.71. The summed E-state index contributed by atoms with van der Waals surface area (Å²) < 4.78 is 12.0. The summed E-state index contributed by atoms with van der Waals surface area (Å²) in [6, 6.07) is 6.64. The third-order valence-corrected chi connectivity index (χ3v) is 2.56. The van der Waals surface area contributed by atoms with Gasteiger partial charge < -0.3 is 14.0 Å². The van der Waals surface area contributed by atoms with Crippen LogP contribution in [0.4, 0.5) is 5.69 Å². The molecule has 1 aromatic carbocycles. The van der Waals surface area contributed by atoms with Crippen LogP contribution in [-0.4, -0.2) is 23.7 Å². The molecule has 0 fully saturated rings. The first kappa shape index (κ1) is 12.0. The van der Waals surface area contributed by atoms with Crippen LogP contribution in [0, 0.1) is 10.1 Å². The van der Waals surface area contributed by atoms with Gasteiger partial charge in [-0.1, -0.05) is 0 Å². The average Bonchev–Trinajstić information content (AvgIpc) is 2.90. The maximum absolute atomic E-state index is 10.9. The highest BCUT2D eigenvalue weighted by molar-refractivity contribution is 5.61. The van der Waals surface area contributed by atoms with Crippen molar-refractivity contribution in [3.05, 3.63) is 46.8 Å². The van der Waals surface area contributed by atoms with Crippen LogP contribution in [0.5, 0.6) is 11.5 Å². The van der Waals surface area contributed by atoms with Crippen LogP contribution in [-0.2, 0) is 0 Å². The number of hydrogen-bond acceptors (Lipinski definition) is 4. The number of nitro benzene ring substituents is 1. The lowest BCUT2D eigenvalue weighted by atomic mass is 10.2. The van der Waals surface area contributed by atoms with E-state index < -0.39 is 4.92 Å². The highest BCUT2D eigenvalue weighted by Crippen LogP contribution is 2.36. The predicted octanol–water partition coefficient (Wildman–Crippen LogP) is 2.40. The summed E-state index contributed by atoms with van der Waals surface area (Å²) in [6.07, 6.45) is 3.65. The Morgan fingerprint density at radius 2 is 1.72 bits per heavy atom. The first-order chi connectivity index (χ1) is 8.67. The minimum Gasteiger partial charge on any atom is -0.494 e. The molecule has 6 nitrogen and oxygen atoms in total. The number of rotatable bonds is 4. The maximum Gasteiger partial charge on any atom is 0.314 e. The van der Waals surface area contributed by atoms with Crippen LogP contribution in [0.1, 0.15) is 0 Å². The number of benzene rings is 1. The van der Waals surface area contributed by atoms with Crippen molar-refractivity contribution < 1.29 is 14.4 Å². The molecule has 0 saturated carbocycles. The van der Waals surface area contributed by atoms with Gasteiger partial charge >= 0.3 is 5.69 Å². The van der Waals surface area contributed by atoms with Gasteiger partial charge in [0.05, 0.1) is 30.9 Å². The minimum absolute atomic E-state index is 0.120. The Morgan fingerprint density at radius 3 is 2.22 bits per heavy atom. The summed E-state index contributed by atoms with van der Waals surface area (Å²) >= 11 is 0. The summed E-state index contributed by atoms with van der Waals surface area (Å²) in [5.41, 5.74) is 0.565. The molecule has 0 spiro atoms. The molecule has 0 atom stereocenters. The van der Waals surface area contributed by atoms with Gasteiger partial charge in [0.15, 0.2) is 5.75 Å². The van der Waals surface area contributed by atoms with E-state index in [1.807, 2.05) is 24.5 Å². The first-order valence-corrected chi connectivity index (χ1v) is 5.21. The quantitative estimate of drug-likeness (QED) is 0.615. The molecule has 0 amide bonds. The van der Waals surface area contributed by atoms with Gasteiger partial charge in [-0.2, -0.15) is 0 Å². The Kier molecular flexibility index (Phi) is 3.18. The molecular weight excluding hydrogens is 236 g/mol. The second kappa shape index (κ2) is 4.79. The van der Waals surface area contributed by atoms with Crippen LogP contribution >= 0.6 is 0 Å². The molecule has 1 aromatic heterocycles. The fourth-order valence-corrected chi connectivity index (χ4v) is 1.71. The molecule has 0 saturated heterocycles. The lowest BCUT2D eigenvalue weighted by Gasteiger charge is -2.11. The summed E-state index contributed by atoms with van der Waals surface area (Å²) in [4.78, 5) is 10.4. The average molecular weight is 248 g/mol. The highest BCUT2D eigenvalue weighted by Gasteiger charge is 2.20. The van der Waals surface area contributed by atoms with Crippen LogP contribution in [0.15, 0.2) is 36.7 Å². The van der Waals surface area contributed by atoms with Crippen LogP contribution in [0.25, 0.3) is 5.69 Å². The van der Waals surface area contributed by atoms with Gasteiger partial charge in [0.2, 0.25) is 0 Å². The molecule has 18 heavy (non-hydrogen) atoms. The molecule has 94 valence electrons. The zero-order valence-electron chi connectivity index (χ0n) is 9.99. The van der Waals surface area contributed by atoms with E-state index >= 15 is 0 Å². The van der Waals surface area contributed by atoms with Crippen LogP contribution in [0.2, 0.25) is 0 Å². The van der Waals surface area contributed by atoms with Crippen molar-refractivity contribution in [3.8, 4) is 17.2 Å². The van der Waals surface area contributed by atoms with Crippen LogP contribution in [0.3, 0.4) is 0 Å². The van der Waals surface area contributed by atoms with Crippen molar-refractivity contribution >= 4 is 5.69 Å². The van der Waals surface area contributed by atoms with Gasteiger partial charge in [-0.15, -0.1) is 0 Å². The predicted molar refractivity (Wildman–Crippen MR) is 65.5 cm³/mol. The Labute approximate surface area is 104 Å². The number of hydrogen-bond donors (Lipinski definition) is 0. The second-order valence-electron chi connectivity index (χ2n) is 3.54. The molecule has 0 bridgehead atoms. The topological polar surface area (TPSA) is 66.5 Å². The van der Waals surface area contributed by atoms with E-state index in [4.69, 9.17) is 9.47 Å². The zero-order chi connectivity index (χ0) is 13.1. The Morgan fingerprint density at radius 1 is 1.11 bits per heavy atom. The normalized spacial score (nSPS) is 10.1. The third-order valence-electron chi connectivity index (χ3n) is 2.56. The first-order valence-electron chi connectivity index (χ1n) is 5.21. The molecule has 1 heterocycles. The summed E-state index contributed by atoms with van der Waals surface area (Å²) in [6.45, 7) is 0. The van der Waals surface area contributed by atoms with Gasteiger partial charge in [0.1, 0.15) is 5.75 Å². The molecule has 0 aliphatic carbocycles. The van der Waals surface area contributed by atoms with Crippen molar-refractivity contribution in [2.24, 2.45) is 0 Å². The van der Waals surface area contributed by atoms with Gasteiger partial charge in [0.25, 0.3) is 0 Å². The maximum atomic E-state index is 10.9. The third kappa shape index (κ3) is 2.00. The van der Waals surface area contributed by atoms with Gasteiger partial charge in [-0.3, -0.25) is 10.1 Å². The van der Waals surface area contributed by atoms with Crippen LogP contribution < -0.4 is 9.47 Å². The lowest BCUT2D eigenvalue weighted by Crippen LogP contribution is -2.00. The molecule has 0 radical (unpaired) electrons. The Hall–Kier alpha value is -2.50. The molecule has 2 rings (SSSR count). The number of nitrogens with zero attached hydrogens (tertiary/aromatic N) is 2. The van der Waals surface area contributed by atoms with Gasteiger partial charge in [-0.25, -0.2) is 0 Å². The SMILES string of the molecule is COc1cc([N+](=O)[O-])c(OC)cc1-n1cccc1. The van der Waals surface area contributed by atoms with Gasteiger partial charge in [0, 0.05) is 18.5 Å². The summed E-state index contributed by atoms with van der Waals surface area (Å²) in [7, 11) is 2.87. The Balaban J connectivity index is 2.64. The van der Waals surface area contributed by atoms with E-state index in [9.17, 15) is 10.1 Å². The molecular formula is C12H12N2O4. The monoisotopic (exact) mass is 248 g/mol. The number of methoxy groups -OCH3 is 2. The molecule has 6 heteroatoms. The van der Waals surface area contributed by atoms with Gasteiger partial charge in [-0.05, 0) is 12.1 Å².